The number of benzene rings is 3. The van der Waals surface area contributed by atoms with Crippen LogP contribution >= 0.6 is 0 Å². The van der Waals surface area contributed by atoms with Gasteiger partial charge in [0.1, 0.15) is 6.26 Å². The van der Waals surface area contributed by atoms with E-state index in [1.807, 2.05) is 55.5 Å². The van der Waals surface area contributed by atoms with E-state index in [1.165, 1.54) is 17.4 Å². The molecule has 0 fully saturated rings. The van der Waals surface area contributed by atoms with Crippen LogP contribution in [-0.4, -0.2) is 22.6 Å². The molecule has 1 aromatic heterocycles. The number of hydrogen-bond acceptors (Lipinski definition) is 6. The number of rotatable bonds is 10. The molecule has 7 heteroatoms. The Balaban J connectivity index is 1.30. The first kappa shape index (κ1) is 25.5. The van der Waals surface area contributed by atoms with Crippen LogP contribution in [0.1, 0.15) is 71.4 Å². The van der Waals surface area contributed by atoms with Crippen molar-refractivity contribution in [3.63, 3.8) is 0 Å². The molecule has 1 aliphatic heterocycles. The molecule has 0 unspecified atom stereocenters. The molecule has 4 aromatic rings. The summed E-state index contributed by atoms with van der Waals surface area (Å²) in [6, 6.07) is 24.4. The van der Waals surface area contributed by atoms with Gasteiger partial charge in [-0.05, 0) is 47.2 Å². The highest BCUT2D eigenvalue weighted by molar-refractivity contribution is 5.92. The number of ether oxygens (including phenoxy) is 2. The number of amides is 1. The molecule has 2 heterocycles. The van der Waals surface area contributed by atoms with Crippen molar-refractivity contribution in [2.75, 3.05) is 6.79 Å². The lowest BCUT2D eigenvalue weighted by atomic mass is 10.0. The highest BCUT2D eigenvalue weighted by Gasteiger charge is 2.19. The van der Waals surface area contributed by atoms with Gasteiger partial charge in [0, 0.05) is 13.1 Å². The molecule has 5 rings (SSSR count). The Morgan fingerprint density at radius 3 is 2.34 bits per heavy atom. The molecular weight excluding hydrogens is 478 g/mol. The zero-order chi connectivity index (χ0) is 26.5. The molecule has 0 spiro atoms. The van der Waals surface area contributed by atoms with Gasteiger partial charge in [-0.25, -0.2) is 4.98 Å². The standard InChI is InChI=1S/C31H33N3O4/c1-21(2)25-12-9-23(10-13-25)16-34(17-24-11-14-28-29(15-24)38-20-37-28)18-30-33-27(19-36-30)31(35)32-22(3)26-7-5-4-6-8-26/h4-15,19,21-22H,16-18,20H2,1-3H3,(H,32,35)/t22-/m0/s1. The minimum absolute atomic E-state index is 0.139. The Hall–Kier alpha value is -4.10. The van der Waals surface area contributed by atoms with Crippen molar-refractivity contribution in [3.8, 4) is 11.5 Å². The highest BCUT2D eigenvalue weighted by atomic mass is 16.7. The monoisotopic (exact) mass is 511 g/mol. The van der Waals surface area contributed by atoms with Gasteiger partial charge in [-0.2, -0.15) is 0 Å². The molecule has 0 bridgehead atoms. The van der Waals surface area contributed by atoms with Crippen LogP contribution in [0, 0.1) is 0 Å². The molecule has 196 valence electrons. The second-order valence-corrected chi connectivity index (χ2v) is 9.96. The van der Waals surface area contributed by atoms with E-state index in [-0.39, 0.29) is 24.4 Å². The fraction of sp³-hybridized carbons (Fsp3) is 0.290. The lowest BCUT2D eigenvalue weighted by molar-refractivity contribution is 0.0934. The topological polar surface area (TPSA) is 76.8 Å². The fourth-order valence-electron chi connectivity index (χ4n) is 4.51. The van der Waals surface area contributed by atoms with E-state index in [9.17, 15) is 4.79 Å². The number of nitrogens with one attached hydrogen (secondary N) is 1. The van der Waals surface area contributed by atoms with E-state index in [2.05, 4.69) is 53.3 Å². The van der Waals surface area contributed by atoms with Crippen LogP contribution < -0.4 is 14.8 Å². The average molecular weight is 512 g/mol. The molecule has 7 nitrogen and oxygen atoms in total. The van der Waals surface area contributed by atoms with Gasteiger partial charge in [0.05, 0.1) is 12.6 Å². The van der Waals surface area contributed by atoms with Crippen molar-refractivity contribution in [2.45, 2.75) is 52.4 Å². The normalized spacial score (nSPS) is 13.2. The van der Waals surface area contributed by atoms with E-state index in [1.54, 1.807) is 0 Å². The second kappa shape index (κ2) is 11.5. The van der Waals surface area contributed by atoms with Crippen molar-refractivity contribution >= 4 is 5.91 Å². The first-order chi connectivity index (χ1) is 18.4. The predicted octanol–water partition coefficient (Wildman–Crippen LogP) is 6.22. The predicted molar refractivity (Wildman–Crippen MR) is 145 cm³/mol. The zero-order valence-corrected chi connectivity index (χ0v) is 22.0. The van der Waals surface area contributed by atoms with Gasteiger partial charge in [0.25, 0.3) is 5.91 Å². The summed E-state index contributed by atoms with van der Waals surface area (Å²) in [6.07, 6.45) is 1.43. The molecule has 38 heavy (non-hydrogen) atoms. The SMILES string of the molecule is CC(C)c1ccc(CN(Cc2ccc3c(c2)OCO3)Cc2nc(C(=O)N[C@@H](C)c3ccccc3)co2)cc1. The summed E-state index contributed by atoms with van der Waals surface area (Å²) >= 11 is 0. The van der Waals surface area contributed by atoms with Crippen molar-refractivity contribution < 1.29 is 18.7 Å². The maximum Gasteiger partial charge on any atom is 0.273 e. The number of carbonyl (C=O) groups excluding carboxylic acids is 1. The number of fused-ring (bicyclic) bond motifs is 1. The summed E-state index contributed by atoms with van der Waals surface area (Å²) in [5.41, 5.74) is 4.89. The summed E-state index contributed by atoms with van der Waals surface area (Å²) in [6.45, 7) is 8.37. The quantitative estimate of drug-likeness (QED) is 0.272. The summed E-state index contributed by atoms with van der Waals surface area (Å²) in [5, 5.41) is 3.00. The second-order valence-electron chi connectivity index (χ2n) is 9.96. The van der Waals surface area contributed by atoms with Gasteiger partial charge < -0.3 is 19.2 Å². The summed E-state index contributed by atoms with van der Waals surface area (Å²) in [4.78, 5) is 19.6. The number of nitrogens with zero attached hydrogens (tertiary/aromatic N) is 2. The van der Waals surface area contributed by atoms with Crippen LogP contribution in [0.25, 0.3) is 0 Å². The van der Waals surface area contributed by atoms with Gasteiger partial charge in [0.15, 0.2) is 17.2 Å². The van der Waals surface area contributed by atoms with Crippen LogP contribution in [0.3, 0.4) is 0 Å². The zero-order valence-electron chi connectivity index (χ0n) is 22.0. The van der Waals surface area contributed by atoms with Crippen LogP contribution in [0.15, 0.2) is 83.5 Å². The number of hydrogen-bond donors (Lipinski definition) is 1. The summed E-state index contributed by atoms with van der Waals surface area (Å²) < 4.78 is 16.8. The molecule has 0 radical (unpaired) electrons. The summed E-state index contributed by atoms with van der Waals surface area (Å²) in [7, 11) is 0. The first-order valence-corrected chi connectivity index (χ1v) is 12.9. The molecule has 1 atom stereocenters. The molecular formula is C31H33N3O4. The van der Waals surface area contributed by atoms with Gasteiger partial charge in [-0.3, -0.25) is 9.69 Å². The number of oxazole rings is 1. The van der Waals surface area contributed by atoms with E-state index in [0.29, 0.717) is 31.4 Å². The molecule has 0 saturated carbocycles. The molecule has 0 saturated heterocycles. The van der Waals surface area contributed by atoms with Gasteiger partial charge in [-0.1, -0.05) is 74.5 Å². The minimum atomic E-state index is -0.261. The third-order valence-corrected chi connectivity index (χ3v) is 6.69. The lowest BCUT2D eigenvalue weighted by Gasteiger charge is -2.21. The highest BCUT2D eigenvalue weighted by Crippen LogP contribution is 2.33. The third-order valence-electron chi connectivity index (χ3n) is 6.69. The van der Waals surface area contributed by atoms with Crippen molar-refractivity contribution in [3.05, 3.63) is 113 Å². The maximum atomic E-state index is 12.8. The molecule has 1 amide bonds. The van der Waals surface area contributed by atoms with Gasteiger partial charge in [0.2, 0.25) is 12.7 Å². The van der Waals surface area contributed by atoms with E-state index in [4.69, 9.17) is 13.9 Å². The molecule has 0 aliphatic carbocycles. The average Bonchev–Trinajstić information content (AvgIpc) is 3.59. The third kappa shape index (κ3) is 6.23. The molecule has 1 N–H and O–H groups in total. The van der Waals surface area contributed by atoms with Gasteiger partial charge in [-0.15, -0.1) is 0 Å². The maximum absolute atomic E-state index is 12.8. The molecule has 1 aliphatic rings. The largest absolute Gasteiger partial charge is 0.454 e. The Labute approximate surface area is 223 Å². The van der Waals surface area contributed by atoms with Crippen molar-refractivity contribution in [2.24, 2.45) is 0 Å². The number of aromatic nitrogens is 1. The summed E-state index contributed by atoms with van der Waals surface area (Å²) in [5.74, 6) is 2.23. The first-order valence-electron chi connectivity index (χ1n) is 12.9. The van der Waals surface area contributed by atoms with E-state index in [0.717, 1.165) is 22.6 Å². The Kier molecular flexibility index (Phi) is 7.75. The smallest absolute Gasteiger partial charge is 0.273 e. The van der Waals surface area contributed by atoms with Crippen LogP contribution in [-0.2, 0) is 19.6 Å². The van der Waals surface area contributed by atoms with Gasteiger partial charge >= 0.3 is 0 Å². The van der Waals surface area contributed by atoms with Crippen molar-refractivity contribution in [1.29, 1.82) is 0 Å². The molecule has 3 aromatic carbocycles. The lowest BCUT2D eigenvalue weighted by Crippen LogP contribution is -2.27. The van der Waals surface area contributed by atoms with E-state index < -0.39 is 0 Å². The van der Waals surface area contributed by atoms with Crippen LogP contribution in [0.4, 0.5) is 0 Å². The Bertz CT molecular complexity index is 1370. The van der Waals surface area contributed by atoms with E-state index >= 15 is 0 Å². The van der Waals surface area contributed by atoms with Crippen LogP contribution in [0.5, 0.6) is 11.5 Å². The Morgan fingerprint density at radius 2 is 1.58 bits per heavy atom. The number of carbonyl (C=O) groups is 1. The van der Waals surface area contributed by atoms with Crippen LogP contribution in [0.2, 0.25) is 0 Å². The Morgan fingerprint density at radius 1 is 0.868 bits per heavy atom. The fourth-order valence-corrected chi connectivity index (χ4v) is 4.51. The minimum Gasteiger partial charge on any atom is -0.454 e. The van der Waals surface area contributed by atoms with Crippen molar-refractivity contribution in [1.82, 2.24) is 15.2 Å².